The second-order valence-corrected chi connectivity index (χ2v) is 5.82. The van der Waals surface area contributed by atoms with Crippen LogP contribution in [-0.4, -0.2) is 30.3 Å². The molecule has 7 nitrogen and oxygen atoms in total. The molecule has 7 heteroatoms. The summed E-state index contributed by atoms with van der Waals surface area (Å²) in [5, 5.41) is 11.3. The Morgan fingerprint density at radius 2 is 1.92 bits per heavy atom. The van der Waals surface area contributed by atoms with Gasteiger partial charge in [-0.2, -0.15) is 10.2 Å². The first-order valence-corrected chi connectivity index (χ1v) is 7.82. The molecule has 0 unspecified atom stereocenters. The Hall–Kier alpha value is -3.48. The van der Waals surface area contributed by atoms with E-state index in [4.69, 9.17) is 0 Å². The van der Waals surface area contributed by atoms with Crippen LogP contribution in [0, 0.1) is 6.92 Å². The van der Waals surface area contributed by atoms with Gasteiger partial charge in [0, 0.05) is 31.1 Å². The Morgan fingerprint density at radius 1 is 1.12 bits per heavy atom. The maximum Gasteiger partial charge on any atom is 0.262 e. The van der Waals surface area contributed by atoms with Crippen LogP contribution < -0.4 is 5.32 Å². The first-order valence-electron chi connectivity index (χ1n) is 7.82. The van der Waals surface area contributed by atoms with Crippen molar-refractivity contribution in [3.8, 4) is 11.3 Å². The van der Waals surface area contributed by atoms with Gasteiger partial charge in [0.15, 0.2) is 11.5 Å². The molecular weight excluding hydrogens is 316 g/mol. The molecule has 0 aliphatic heterocycles. The fourth-order valence-corrected chi connectivity index (χ4v) is 2.66. The van der Waals surface area contributed by atoms with Crippen molar-refractivity contribution >= 4 is 17.4 Å². The maximum atomic E-state index is 12.5. The second kappa shape index (κ2) is 5.86. The highest BCUT2D eigenvalue weighted by Gasteiger charge is 2.17. The fourth-order valence-electron chi connectivity index (χ4n) is 2.66. The summed E-state index contributed by atoms with van der Waals surface area (Å²) in [5.74, 6) is 0.198. The molecule has 1 amide bonds. The van der Waals surface area contributed by atoms with Crippen LogP contribution in [0.2, 0.25) is 0 Å². The van der Waals surface area contributed by atoms with Gasteiger partial charge in [-0.1, -0.05) is 29.8 Å². The maximum absolute atomic E-state index is 12.5. The third-order valence-corrected chi connectivity index (χ3v) is 3.95. The first kappa shape index (κ1) is 15.1. The molecule has 0 radical (unpaired) electrons. The van der Waals surface area contributed by atoms with Crippen LogP contribution in [0.1, 0.15) is 15.9 Å². The Labute approximate surface area is 143 Å². The van der Waals surface area contributed by atoms with E-state index in [0.29, 0.717) is 17.0 Å². The van der Waals surface area contributed by atoms with Crippen LogP contribution in [0.5, 0.6) is 0 Å². The fraction of sp³-hybridized carbons (Fsp3) is 0.111. The molecule has 0 fully saturated rings. The number of anilines is 1. The largest absolute Gasteiger partial charge is 0.305 e. The topological polar surface area (TPSA) is 77.1 Å². The van der Waals surface area contributed by atoms with Crippen molar-refractivity contribution in [1.29, 1.82) is 0 Å². The molecule has 4 rings (SSSR count). The highest BCUT2D eigenvalue weighted by molar-refractivity contribution is 6.07. The van der Waals surface area contributed by atoms with Crippen molar-refractivity contribution in [3.63, 3.8) is 0 Å². The number of nitrogens with zero attached hydrogens (tertiary/aromatic N) is 5. The van der Waals surface area contributed by atoms with Crippen molar-refractivity contribution in [1.82, 2.24) is 24.4 Å². The normalized spacial score (nSPS) is 11.0. The van der Waals surface area contributed by atoms with E-state index in [1.807, 2.05) is 37.3 Å². The van der Waals surface area contributed by atoms with Gasteiger partial charge >= 0.3 is 0 Å². The van der Waals surface area contributed by atoms with Gasteiger partial charge in [0.1, 0.15) is 5.56 Å². The molecule has 0 spiro atoms. The number of rotatable bonds is 3. The number of carbonyl (C=O) groups excluding carboxylic acids is 1. The molecule has 1 N–H and O–H groups in total. The van der Waals surface area contributed by atoms with Crippen LogP contribution in [0.15, 0.2) is 55.0 Å². The van der Waals surface area contributed by atoms with E-state index < -0.39 is 0 Å². The van der Waals surface area contributed by atoms with Crippen LogP contribution in [0.3, 0.4) is 0 Å². The Bertz CT molecular complexity index is 1060. The van der Waals surface area contributed by atoms with Gasteiger partial charge in [-0.05, 0) is 13.0 Å². The standard InChI is InChI=1S/C18H16N6O/c1-12-3-5-13(6-4-12)15-7-9-19-17-14(11-20-24(15)17)18(25)21-16-8-10-23(2)22-16/h3-11H,1-2H3,(H,21,22,25). The summed E-state index contributed by atoms with van der Waals surface area (Å²) in [6.07, 6.45) is 4.97. The molecule has 4 aromatic rings. The lowest BCUT2D eigenvalue weighted by molar-refractivity contribution is 0.102. The predicted molar refractivity (Wildman–Crippen MR) is 94.3 cm³/mol. The summed E-state index contributed by atoms with van der Waals surface area (Å²) in [6, 6.07) is 11.7. The zero-order chi connectivity index (χ0) is 17.4. The molecule has 0 atom stereocenters. The van der Waals surface area contributed by atoms with Gasteiger partial charge < -0.3 is 5.32 Å². The van der Waals surface area contributed by atoms with Crippen LogP contribution in [-0.2, 0) is 7.05 Å². The van der Waals surface area contributed by atoms with Gasteiger partial charge in [-0.3, -0.25) is 9.48 Å². The van der Waals surface area contributed by atoms with E-state index in [1.165, 1.54) is 11.8 Å². The quantitative estimate of drug-likeness (QED) is 0.626. The molecule has 0 saturated carbocycles. The first-order chi connectivity index (χ1) is 12.1. The molecule has 0 saturated heterocycles. The van der Waals surface area contributed by atoms with Crippen molar-refractivity contribution < 1.29 is 4.79 Å². The number of amides is 1. The second-order valence-electron chi connectivity index (χ2n) is 5.82. The number of hydrogen-bond acceptors (Lipinski definition) is 4. The summed E-state index contributed by atoms with van der Waals surface area (Å²) in [6.45, 7) is 2.04. The number of aryl methyl sites for hydroxylation is 2. The Balaban J connectivity index is 1.73. The summed E-state index contributed by atoms with van der Waals surface area (Å²) in [4.78, 5) is 16.9. The Morgan fingerprint density at radius 3 is 2.64 bits per heavy atom. The number of nitrogens with one attached hydrogen (secondary N) is 1. The molecule has 124 valence electrons. The van der Waals surface area contributed by atoms with Gasteiger partial charge in [-0.25, -0.2) is 9.50 Å². The van der Waals surface area contributed by atoms with Gasteiger partial charge in [0.2, 0.25) is 0 Å². The van der Waals surface area contributed by atoms with E-state index in [2.05, 4.69) is 20.5 Å². The lowest BCUT2D eigenvalue weighted by Crippen LogP contribution is -2.12. The Kier molecular flexibility index (Phi) is 3.53. The predicted octanol–water partition coefficient (Wildman–Crippen LogP) is 2.69. The third-order valence-electron chi connectivity index (χ3n) is 3.95. The van der Waals surface area contributed by atoms with Crippen LogP contribution >= 0.6 is 0 Å². The molecule has 25 heavy (non-hydrogen) atoms. The van der Waals surface area contributed by atoms with E-state index in [-0.39, 0.29) is 5.91 Å². The number of aromatic nitrogens is 5. The van der Waals surface area contributed by atoms with Gasteiger partial charge in [0.25, 0.3) is 5.91 Å². The third kappa shape index (κ3) is 2.76. The molecular formula is C18H16N6O. The molecule has 3 aromatic heterocycles. The highest BCUT2D eigenvalue weighted by atomic mass is 16.1. The van der Waals surface area contributed by atoms with Crippen molar-refractivity contribution in [2.75, 3.05) is 5.32 Å². The van der Waals surface area contributed by atoms with Crippen molar-refractivity contribution in [2.45, 2.75) is 6.92 Å². The summed E-state index contributed by atoms with van der Waals surface area (Å²) in [7, 11) is 1.79. The SMILES string of the molecule is Cc1ccc(-c2ccnc3c(C(=O)Nc4ccn(C)n4)cnn23)cc1. The van der Waals surface area contributed by atoms with Crippen molar-refractivity contribution in [2.24, 2.45) is 7.05 Å². The summed E-state index contributed by atoms with van der Waals surface area (Å²) < 4.78 is 3.30. The smallest absolute Gasteiger partial charge is 0.262 e. The summed E-state index contributed by atoms with van der Waals surface area (Å²) in [5.41, 5.74) is 3.98. The molecule has 1 aromatic carbocycles. The van der Waals surface area contributed by atoms with Crippen LogP contribution in [0.25, 0.3) is 16.9 Å². The average Bonchev–Trinajstić information content (AvgIpc) is 3.21. The minimum atomic E-state index is -0.290. The minimum Gasteiger partial charge on any atom is -0.305 e. The lowest BCUT2D eigenvalue weighted by Gasteiger charge is -2.05. The number of fused-ring (bicyclic) bond motifs is 1. The number of benzene rings is 1. The molecule has 3 heterocycles. The van der Waals surface area contributed by atoms with Crippen LogP contribution in [0.4, 0.5) is 5.82 Å². The number of hydrogen-bond donors (Lipinski definition) is 1. The number of carbonyl (C=O) groups is 1. The lowest BCUT2D eigenvalue weighted by atomic mass is 10.1. The van der Waals surface area contributed by atoms with E-state index >= 15 is 0 Å². The summed E-state index contributed by atoms with van der Waals surface area (Å²) >= 11 is 0. The van der Waals surface area contributed by atoms with Crippen molar-refractivity contribution in [3.05, 3.63) is 66.1 Å². The van der Waals surface area contributed by atoms with Gasteiger partial charge in [-0.15, -0.1) is 0 Å². The van der Waals surface area contributed by atoms with E-state index in [1.54, 1.807) is 34.7 Å². The molecule has 0 aliphatic carbocycles. The van der Waals surface area contributed by atoms with Gasteiger partial charge in [0.05, 0.1) is 11.9 Å². The molecule has 0 bridgehead atoms. The average molecular weight is 332 g/mol. The zero-order valence-electron chi connectivity index (χ0n) is 13.8. The zero-order valence-corrected chi connectivity index (χ0v) is 13.8. The molecule has 0 aliphatic rings. The highest BCUT2D eigenvalue weighted by Crippen LogP contribution is 2.21. The minimum absolute atomic E-state index is 0.290. The van der Waals surface area contributed by atoms with E-state index in [0.717, 1.165) is 11.3 Å². The monoisotopic (exact) mass is 332 g/mol. The van der Waals surface area contributed by atoms with E-state index in [9.17, 15) is 4.79 Å².